The summed E-state index contributed by atoms with van der Waals surface area (Å²) < 4.78 is 6.08. The zero-order valence-corrected chi connectivity index (χ0v) is 12.9. The quantitative estimate of drug-likeness (QED) is 0.859. The highest BCUT2D eigenvalue weighted by Gasteiger charge is 2.15. The van der Waals surface area contributed by atoms with Crippen molar-refractivity contribution in [2.75, 3.05) is 12.4 Å². The highest BCUT2D eigenvalue weighted by atomic mass is 16.5. The van der Waals surface area contributed by atoms with E-state index in [0.29, 0.717) is 5.56 Å². The Hall–Kier alpha value is -2.63. The van der Waals surface area contributed by atoms with Crippen molar-refractivity contribution in [2.45, 2.75) is 26.8 Å². The van der Waals surface area contributed by atoms with Crippen molar-refractivity contribution in [1.82, 2.24) is 9.78 Å². The summed E-state index contributed by atoms with van der Waals surface area (Å²) in [7, 11) is 1.30. The standard InChI is InChI=1S/C16H19N3O3/c1-4-12-7-5-6-8-13(12)17-14(20)10-19-9-11(2)15(18-19)16(21)22-3/h5-9H,4,10H2,1-3H3,(H,17,20). The molecule has 0 saturated carbocycles. The first-order valence-corrected chi connectivity index (χ1v) is 7.05. The highest BCUT2D eigenvalue weighted by Crippen LogP contribution is 2.15. The molecule has 1 heterocycles. The monoisotopic (exact) mass is 301 g/mol. The van der Waals surface area contributed by atoms with Crippen LogP contribution in [0.4, 0.5) is 5.69 Å². The number of hydrogen-bond acceptors (Lipinski definition) is 4. The first kappa shape index (κ1) is 15.8. The fourth-order valence-corrected chi connectivity index (χ4v) is 2.19. The molecule has 0 fully saturated rings. The van der Waals surface area contributed by atoms with E-state index in [1.54, 1.807) is 13.1 Å². The van der Waals surface area contributed by atoms with Crippen LogP contribution in [0.2, 0.25) is 0 Å². The smallest absolute Gasteiger partial charge is 0.358 e. The summed E-state index contributed by atoms with van der Waals surface area (Å²) in [6, 6.07) is 7.66. The molecule has 2 rings (SSSR count). The molecule has 0 aliphatic heterocycles. The summed E-state index contributed by atoms with van der Waals surface area (Å²) in [5.74, 6) is -0.701. The number of rotatable bonds is 5. The number of amides is 1. The molecule has 1 amide bonds. The van der Waals surface area contributed by atoms with E-state index in [-0.39, 0.29) is 18.1 Å². The maximum absolute atomic E-state index is 12.1. The molecular weight excluding hydrogens is 282 g/mol. The molecule has 0 bridgehead atoms. The van der Waals surface area contributed by atoms with E-state index in [1.807, 2.05) is 31.2 Å². The number of anilines is 1. The second-order valence-electron chi connectivity index (χ2n) is 4.91. The lowest BCUT2D eigenvalue weighted by Crippen LogP contribution is -2.20. The van der Waals surface area contributed by atoms with E-state index in [0.717, 1.165) is 17.7 Å². The third-order valence-electron chi connectivity index (χ3n) is 3.30. The van der Waals surface area contributed by atoms with E-state index in [1.165, 1.54) is 11.8 Å². The zero-order valence-electron chi connectivity index (χ0n) is 12.9. The van der Waals surface area contributed by atoms with Gasteiger partial charge in [0.05, 0.1) is 7.11 Å². The van der Waals surface area contributed by atoms with Gasteiger partial charge in [-0.2, -0.15) is 5.10 Å². The van der Waals surface area contributed by atoms with E-state index in [2.05, 4.69) is 15.2 Å². The van der Waals surface area contributed by atoms with Crippen molar-refractivity contribution < 1.29 is 14.3 Å². The fraction of sp³-hybridized carbons (Fsp3) is 0.312. The molecule has 1 aromatic heterocycles. The van der Waals surface area contributed by atoms with Gasteiger partial charge in [-0.1, -0.05) is 25.1 Å². The largest absolute Gasteiger partial charge is 0.464 e. The molecule has 0 unspecified atom stereocenters. The minimum absolute atomic E-state index is 0.0376. The minimum Gasteiger partial charge on any atom is -0.464 e. The molecule has 1 aromatic carbocycles. The molecule has 2 aromatic rings. The van der Waals surface area contributed by atoms with Gasteiger partial charge >= 0.3 is 5.97 Å². The Kier molecular flexibility index (Phi) is 4.93. The number of carbonyl (C=O) groups excluding carboxylic acids is 2. The molecule has 22 heavy (non-hydrogen) atoms. The lowest BCUT2D eigenvalue weighted by molar-refractivity contribution is -0.116. The number of methoxy groups -OCH3 is 1. The van der Waals surface area contributed by atoms with Crippen LogP contribution in [0.1, 0.15) is 28.5 Å². The van der Waals surface area contributed by atoms with Crippen molar-refractivity contribution >= 4 is 17.6 Å². The van der Waals surface area contributed by atoms with Crippen LogP contribution in [-0.2, 0) is 22.5 Å². The van der Waals surface area contributed by atoms with Gasteiger partial charge in [-0.3, -0.25) is 9.48 Å². The third kappa shape index (κ3) is 3.52. The Morgan fingerprint density at radius 1 is 1.32 bits per heavy atom. The minimum atomic E-state index is -0.506. The molecule has 1 N–H and O–H groups in total. The van der Waals surface area contributed by atoms with Crippen LogP contribution in [0.5, 0.6) is 0 Å². The van der Waals surface area contributed by atoms with Crippen LogP contribution in [-0.4, -0.2) is 28.8 Å². The van der Waals surface area contributed by atoms with Gasteiger partial charge in [0, 0.05) is 17.4 Å². The van der Waals surface area contributed by atoms with Crippen LogP contribution in [0.25, 0.3) is 0 Å². The highest BCUT2D eigenvalue weighted by molar-refractivity contribution is 5.91. The molecule has 0 aliphatic carbocycles. The van der Waals surface area contributed by atoms with Crippen molar-refractivity contribution in [3.05, 3.63) is 47.3 Å². The summed E-state index contributed by atoms with van der Waals surface area (Å²) in [4.78, 5) is 23.6. The van der Waals surface area contributed by atoms with Gasteiger partial charge in [-0.15, -0.1) is 0 Å². The first-order chi connectivity index (χ1) is 10.5. The van der Waals surface area contributed by atoms with Gasteiger partial charge in [0.2, 0.25) is 5.91 Å². The van der Waals surface area contributed by atoms with Crippen molar-refractivity contribution in [2.24, 2.45) is 0 Å². The Morgan fingerprint density at radius 2 is 2.05 bits per heavy atom. The topological polar surface area (TPSA) is 73.2 Å². The second kappa shape index (κ2) is 6.89. The maximum Gasteiger partial charge on any atom is 0.358 e. The second-order valence-corrected chi connectivity index (χ2v) is 4.91. The fourth-order valence-electron chi connectivity index (χ4n) is 2.19. The number of nitrogens with zero attached hydrogens (tertiary/aromatic N) is 2. The predicted molar refractivity (Wildman–Crippen MR) is 82.8 cm³/mol. The Morgan fingerprint density at radius 3 is 2.73 bits per heavy atom. The van der Waals surface area contributed by atoms with E-state index in [4.69, 9.17) is 0 Å². The lowest BCUT2D eigenvalue weighted by Gasteiger charge is -2.09. The average Bonchev–Trinajstić information content (AvgIpc) is 2.87. The first-order valence-electron chi connectivity index (χ1n) is 7.05. The summed E-state index contributed by atoms with van der Waals surface area (Å²) >= 11 is 0. The molecule has 0 spiro atoms. The van der Waals surface area contributed by atoms with E-state index < -0.39 is 5.97 Å². The number of carbonyl (C=O) groups is 2. The van der Waals surface area contributed by atoms with Crippen LogP contribution in [0.3, 0.4) is 0 Å². The Labute approximate surface area is 129 Å². The number of hydrogen-bond donors (Lipinski definition) is 1. The number of aryl methyl sites for hydroxylation is 2. The molecule has 116 valence electrons. The van der Waals surface area contributed by atoms with Crippen molar-refractivity contribution in [3.63, 3.8) is 0 Å². The molecule has 0 aliphatic rings. The number of nitrogens with one attached hydrogen (secondary N) is 1. The van der Waals surface area contributed by atoms with E-state index >= 15 is 0 Å². The molecule has 6 nitrogen and oxygen atoms in total. The summed E-state index contributed by atoms with van der Waals surface area (Å²) in [6.45, 7) is 3.82. The number of para-hydroxylation sites is 1. The van der Waals surface area contributed by atoms with Gasteiger partial charge in [0.15, 0.2) is 5.69 Å². The normalized spacial score (nSPS) is 10.3. The lowest BCUT2D eigenvalue weighted by atomic mass is 10.1. The summed E-state index contributed by atoms with van der Waals surface area (Å²) in [5, 5.41) is 6.95. The average molecular weight is 301 g/mol. The Balaban J connectivity index is 2.08. The van der Waals surface area contributed by atoms with Gasteiger partial charge in [-0.25, -0.2) is 4.79 Å². The number of esters is 1. The van der Waals surface area contributed by atoms with Gasteiger partial charge < -0.3 is 10.1 Å². The van der Waals surface area contributed by atoms with Gasteiger partial charge in [-0.05, 0) is 25.0 Å². The number of aromatic nitrogens is 2. The Bertz CT molecular complexity index is 692. The van der Waals surface area contributed by atoms with Crippen LogP contribution >= 0.6 is 0 Å². The van der Waals surface area contributed by atoms with Crippen LogP contribution in [0.15, 0.2) is 30.5 Å². The molecule has 0 saturated heterocycles. The zero-order chi connectivity index (χ0) is 16.1. The number of ether oxygens (including phenoxy) is 1. The van der Waals surface area contributed by atoms with E-state index in [9.17, 15) is 9.59 Å². The summed E-state index contributed by atoms with van der Waals surface area (Å²) in [5.41, 5.74) is 2.77. The maximum atomic E-state index is 12.1. The molecule has 0 radical (unpaired) electrons. The molecule has 6 heteroatoms. The predicted octanol–water partition coefficient (Wildman–Crippen LogP) is 2.18. The molecule has 0 atom stereocenters. The van der Waals surface area contributed by atoms with Crippen LogP contribution in [0, 0.1) is 6.92 Å². The van der Waals surface area contributed by atoms with Crippen molar-refractivity contribution in [1.29, 1.82) is 0 Å². The number of benzene rings is 1. The molecular formula is C16H19N3O3. The van der Waals surface area contributed by atoms with Gasteiger partial charge in [0.25, 0.3) is 0 Å². The van der Waals surface area contributed by atoms with Gasteiger partial charge in [0.1, 0.15) is 6.54 Å². The summed E-state index contributed by atoms with van der Waals surface area (Å²) in [6.07, 6.45) is 2.49. The van der Waals surface area contributed by atoms with Crippen molar-refractivity contribution in [3.8, 4) is 0 Å². The van der Waals surface area contributed by atoms with Crippen LogP contribution < -0.4 is 5.32 Å². The SMILES string of the molecule is CCc1ccccc1NC(=O)Cn1cc(C)c(C(=O)OC)n1. The third-order valence-corrected chi connectivity index (χ3v) is 3.30.